The van der Waals surface area contributed by atoms with Crippen molar-refractivity contribution in [2.24, 2.45) is 17.6 Å². The SMILES string of the molecule is Cc1c(C(=O)N2CC3CCC(N)C3C2)cnn1Cc1ccccc1. The molecule has 1 aromatic carbocycles. The number of benzene rings is 1. The average Bonchev–Trinajstić information content (AvgIpc) is 3.26. The number of nitrogens with two attached hydrogens (primary N) is 1. The molecule has 2 heterocycles. The number of nitrogens with zero attached hydrogens (tertiary/aromatic N) is 3. The van der Waals surface area contributed by atoms with Crippen LogP contribution in [0.5, 0.6) is 0 Å². The van der Waals surface area contributed by atoms with Crippen LogP contribution in [0.15, 0.2) is 36.5 Å². The molecule has 0 radical (unpaired) electrons. The maximum absolute atomic E-state index is 12.9. The van der Waals surface area contributed by atoms with Gasteiger partial charge in [0.2, 0.25) is 0 Å². The molecule has 1 amide bonds. The van der Waals surface area contributed by atoms with E-state index in [1.54, 1.807) is 6.20 Å². The van der Waals surface area contributed by atoms with E-state index in [9.17, 15) is 4.79 Å². The van der Waals surface area contributed by atoms with Crippen molar-refractivity contribution >= 4 is 5.91 Å². The third-order valence-corrected chi connectivity index (χ3v) is 5.71. The number of carbonyl (C=O) groups excluding carboxylic acids is 1. The average molecular weight is 324 g/mol. The molecule has 2 aromatic rings. The molecule has 1 saturated heterocycles. The Balaban J connectivity index is 1.50. The summed E-state index contributed by atoms with van der Waals surface area (Å²) in [5.41, 5.74) is 9.03. The standard InChI is InChI=1S/C19H24N4O/c1-13-16(9-21-23(13)10-14-5-3-2-4-6-14)19(24)22-11-15-7-8-18(20)17(15)12-22/h2-6,9,15,17-18H,7-8,10-12,20H2,1H3. The van der Waals surface area contributed by atoms with Gasteiger partial charge in [0.05, 0.1) is 18.3 Å². The molecule has 1 aromatic heterocycles. The number of rotatable bonds is 3. The highest BCUT2D eigenvalue weighted by Crippen LogP contribution is 2.37. The molecule has 2 N–H and O–H groups in total. The van der Waals surface area contributed by atoms with Gasteiger partial charge in [-0.05, 0) is 37.2 Å². The summed E-state index contributed by atoms with van der Waals surface area (Å²) in [6.07, 6.45) is 3.97. The summed E-state index contributed by atoms with van der Waals surface area (Å²) in [6.45, 7) is 4.32. The fourth-order valence-electron chi connectivity index (χ4n) is 4.22. The Hall–Kier alpha value is -2.14. The molecule has 126 valence electrons. The Morgan fingerprint density at radius 1 is 1.25 bits per heavy atom. The molecule has 5 heteroatoms. The van der Waals surface area contributed by atoms with Crippen molar-refractivity contribution in [3.63, 3.8) is 0 Å². The molecule has 2 aliphatic rings. The number of aromatic nitrogens is 2. The normalized spacial score (nSPS) is 25.9. The minimum Gasteiger partial charge on any atom is -0.338 e. The highest BCUT2D eigenvalue weighted by atomic mass is 16.2. The lowest BCUT2D eigenvalue weighted by Crippen LogP contribution is -2.33. The predicted molar refractivity (Wildman–Crippen MR) is 92.6 cm³/mol. The van der Waals surface area contributed by atoms with Gasteiger partial charge >= 0.3 is 0 Å². The zero-order valence-electron chi connectivity index (χ0n) is 14.1. The highest BCUT2D eigenvalue weighted by Gasteiger charge is 2.42. The second-order valence-corrected chi connectivity index (χ2v) is 7.16. The van der Waals surface area contributed by atoms with Gasteiger partial charge in [-0.15, -0.1) is 0 Å². The van der Waals surface area contributed by atoms with Gasteiger partial charge in [0.25, 0.3) is 5.91 Å². The lowest BCUT2D eigenvalue weighted by Gasteiger charge is -2.18. The zero-order chi connectivity index (χ0) is 16.7. The Kier molecular flexibility index (Phi) is 3.88. The second kappa shape index (κ2) is 6.06. The van der Waals surface area contributed by atoms with Gasteiger partial charge in [0, 0.05) is 24.8 Å². The van der Waals surface area contributed by atoms with Gasteiger partial charge in [0.1, 0.15) is 0 Å². The van der Waals surface area contributed by atoms with Crippen LogP contribution in [0, 0.1) is 18.8 Å². The Labute approximate surface area is 142 Å². The fraction of sp³-hybridized carbons (Fsp3) is 0.474. The molecule has 1 aliphatic carbocycles. The van der Waals surface area contributed by atoms with Crippen molar-refractivity contribution in [2.75, 3.05) is 13.1 Å². The van der Waals surface area contributed by atoms with E-state index >= 15 is 0 Å². The smallest absolute Gasteiger partial charge is 0.257 e. The number of hydrogen-bond donors (Lipinski definition) is 1. The Morgan fingerprint density at radius 2 is 2.04 bits per heavy atom. The van der Waals surface area contributed by atoms with Crippen LogP contribution in [0.25, 0.3) is 0 Å². The third-order valence-electron chi connectivity index (χ3n) is 5.71. The predicted octanol–water partition coefficient (Wildman–Crippen LogP) is 2.05. The van der Waals surface area contributed by atoms with Crippen molar-refractivity contribution in [2.45, 2.75) is 32.4 Å². The molecule has 1 saturated carbocycles. The molecular formula is C19H24N4O. The van der Waals surface area contributed by atoms with Crippen LogP contribution in [0.4, 0.5) is 0 Å². The lowest BCUT2D eigenvalue weighted by atomic mass is 9.98. The van der Waals surface area contributed by atoms with E-state index in [2.05, 4.69) is 17.2 Å². The lowest BCUT2D eigenvalue weighted by molar-refractivity contribution is 0.0778. The summed E-state index contributed by atoms with van der Waals surface area (Å²) in [6, 6.07) is 10.5. The van der Waals surface area contributed by atoms with E-state index < -0.39 is 0 Å². The van der Waals surface area contributed by atoms with Crippen molar-refractivity contribution in [1.82, 2.24) is 14.7 Å². The van der Waals surface area contributed by atoms with Crippen molar-refractivity contribution in [1.29, 1.82) is 0 Å². The maximum Gasteiger partial charge on any atom is 0.257 e. The molecule has 5 nitrogen and oxygen atoms in total. The van der Waals surface area contributed by atoms with E-state index in [4.69, 9.17) is 5.73 Å². The first-order chi connectivity index (χ1) is 11.6. The van der Waals surface area contributed by atoms with Gasteiger partial charge < -0.3 is 10.6 Å². The number of carbonyl (C=O) groups is 1. The van der Waals surface area contributed by atoms with Crippen LogP contribution in [-0.4, -0.2) is 39.7 Å². The molecule has 0 spiro atoms. The van der Waals surface area contributed by atoms with E-state index in [0.717, 1.165) is 37.2 Å². The largest absolute Gasteiger partial charge is 0.338 e. The van der Waals surface area contributed by atoms with Crippen LogP contribution in [0.1, 0.15) is 34.5 Å². The number of likely N-dealkylation sites (tertiary alicyclic amines) is 1. The summed E-state index contributed by atoms with van der Waals surface area (Å²) in [4.78, 5) is 14.9. The van der Waals surface area contributed by atoms with Gasteiger partial charge in [-0.3, -0.25) is 9.48 Å². The fourth-order valence-corrected chi connectivity index (χ4v) is 4.22. The summed E-state index contributed by atoms with van der Waals surface area (Å²) in [7, 11) is 0. The zero-order valence-corrected chi connectivity index (χ0v) is 14.1. The molecule has 24 heavy (non-hydrogen) atoms. The first-order valence-electron chi connectivity index (χ1n) is 8.74. The van der Waals surface area contributed by atoms with Crippen LogP contribution in [0.2, 0.25) is 0 Å². The van der Waals surface area contributed by atoms with E-state index in [-0.39, 0.29) is 11.9 Å². The van der Waals surface area contributed by atoms with Crippen molar-refractivity contribution in [3.05, 3.63) is 53.3 Å². The van der Waals surface area contributed by atoms with E-state index in [1.165, 1.54) is 5.56 Å². The first-order valence-corrected chi connectivity index (χ1v) is 8.74. The second-order valence-electron chi connectivity index (χ2n) is 7.16. The van der Waals surface area contributed by atoms with Crippen molar-refractivity contribution in [3.8, 4) is 0 Å². The highest BCUT2D eigenvalue weighted by molar-refractivity contribution is 5.95. The van der Waals surface area contributed by atoms with Crippen molar-refractivity contribution < 1.29 is 4.79 Å². The summed E-state index contributed by atoms with van der Waals surface area (Å²) in [5, 5.41) is 4.44. The monoisotopic (exact) mass is 324 g/mol. The number of fused-ring (bicyclic) bond motifs is 1. The molecule has 0 bridgehead atoms. The van der Waals surface area contributed by atoms with Crippen LogP contribution in [0.3, 0.4) is 0 Å². The quantitative estimate of drug-likeness (QED) is 0.940. The molecule has 2 fully saturated rings. The van der Waals surface area contributed by atoms with Gasteiger partial charge in [-0.2, -0.15) is 5.10 Å². The maximum atomic E-state index is 12.9. The van der Waals surface area contributed by atoms with Crippen LogP contribution in [-0.2, 0) is 6.54 Å². The number of hydrogen-bond acceptors (Lipinski definition) is 3. The Bertz CT molecular complexity index is 739. The van der Waals surface area contributed by atoms with E-state index in [0.29, 0.717) is 18.4 Å². The minimum absolute atomic E-state index is 0.105. The molecule has 4 rings (SSSR count). The molecule has 3 atom stereocenters. The third kappa shape index (κ3) is 2.63. The topological polar surface area (TPSA) is 64.2 Å². The Morgan fingerprint density at radius 3 is 2.79 bits per heavy atom. The summed E-state index contributed by atoms with van der Waals surface area (Å²) < 4.78 is 1.91. The first kappa shape index (κ1) is 15.4. The molecular weight excluding hydrogens is 300 g/mol. The van der Waals surface area contributed by atoms with Gasteiger partial charge in [0.15, 0.2) is 0 Å². The minimum atomic E-state index is 0.105. The van der Waals surface area contributed by atoms with Gasteiger partial charge in [-0.1, -0.05) is 30.3 Å². The summed E-state index contributed by atoms with van der Waals surface area (Å²) in [5.74, 6) is 1.17. The van der Waals surface area contributed by atoms with Gasteiger partial charge in [-0.25, -0.2) is 0 Å². The molecule has 1 aliphatic heterocycles. The summed E-state index contributed by atoms with van der Waals surface area (Å²) >= 11 is 0. The van der Waals surface area contributed by atoms with Crippen LogP contribution >= 0.6 is 0 Å². The molecule has 3 unspecified atom stereocenters. The van der Waals surface area contributed by atoms with E-state index in [1.807, 2.05) is 34.7 Å². The van der Waals surface area contributed by atoms with Crippen LogP contribution < -0.4 is 5.73 Å². The number of amides is 1.